The van der Waals surface area contributed by atoms with E-state index in [1.54, 1.807) is 13.8 Å². The highest BCUT2D eigenvalue weighted by Gasteiger charge is 2.43. The summed E-state index contributed by atoms with van der Waals surface area (Å²) in [6.45, 7) is 3.65. The molecular weight excluding hydrogens is 356 g/mol. The van der Waals surface area contributed by atoms with Gasteiger partial charge in [-0.1, -0.05) is 25.6 Å². The van der Waals surface area contributed by atoms with Crippen LogP contribution in [-0.4, -0.2) is 65.7 Å². The molecule has 0 spiro atoms. The Morgan fingerprint density at radius 1 is 1.24 bits per heavy atom. The molecule has 10 nitrogen and oxygen atoms in total. The van der Waals surface area contributed by atoms with Crippen molar-refractivity contribution >= 4 is 40.8 Å². The Kier molecular flexibility index (Phi) is 7.68. The molecule has 0 aliphatic carbocycles. The minimum atomic E-state index is -1.53. The molecular formula is C14H20N2O8S. The lowest BCUT2D eigenvalue weighted by Crippen LogP contribution is -2.52. The van der Waals surface area contributed by atoms with Crippen LogP contribution in [0.15, 0.2) is 0 Å². The molecule has 0 saturated carbocycles. The second kappa shape index (κ2) is 9.25. The zero-order valence-corrected chi connectivity index (χ0v) is 14.6. The first-order valence-corrected chi connectivity index (χ1v) is 8.40. The van der Waals surface area contributed by atoms with Crippen LogP contribution in [0.4, 0.5) is 4.79 Å². The van der Waals surface area contributed by atoms with Gasteiger partial charge in [-0.2, -0.15) is 0 Å². The van der Waals surface area contributed by atoms with Crippen LogP contribution in [0.25, 0.3) is 0 Å². The SMILES string of the molecule is CC1(C)COC(=O)O[C@H]1C(=O)NCCC(=O)NCCSC(=O)C(=O)O. The number of rotatable bonds is 7. The van der Waals surface area contributed by atoms with Crippen molar-refractivity contribution in [1.29, 1.82) is 0 Å². The van der Waals surface area contributed by atoms with Crippen molar-refractivity contribution in [2.45, 2.75) is 26.4 Å². The van der Waals surface area contributed by atoms with E-state index in [1.165, 1.54) is 0 Å². The number of amides is 2. The molecule has 1 heterocycles. The van der Waals surface area contributed by atoms with Crippen molar-refractivity contribution in [3.05, 3.63) is 0 Å². The van der Waals surface area contributed by atoms with Crippen molar-refractivity contribution in [3.8, 4) is 0 Å². The average molecular weight is 376 g/mol. The number of hydrogen-bond donors (Lipinski definition) is 3. The zero-order chi connectivity index (χ0) is 19.0. The van der Waals surface area contributed by atoms with E-state index in [1.807, 2.05) is 0 Å². The van der Waals surface area contributed by atoms with Crippen molar-refractivity contribution in [2.75, 3.05) is 25.4 Å². The van der Waals surface area contributed by atoms with Gasteiger partial charge in [-0.3, -0.25) is 14.4 Å². The maximum absolute atomic E-state index is 12.1. The summed E-state index contributed by atoms with van der Waals surface area (Å²) in [4.78, 5) is 55.9. The van der Waals surface area contributed by atoms with Gasteiger partial charge in [0.15, 0.2) is 6.10 Å². The van der Waals surface area contributed by atoms with E-state index in [-0.39, 0.29) is 37.8 Å². The van der Waals surface area contributed by atoms with Gasteiger partial charge in [0.05, 0.1) is 0 Å². The van der Waals surface area contributed by atoms with E-state index in [0.29, 0.717) is 11.8 Å². The lowest BCUT2D eigenvalue weighted by atomic mass is 9.86. The molecule has 1 fully saturated rings. The molecule has 0 unspecified atom stereocenters. The highest BCUT2D eigenvalue weighted by Crippen LogP contribution is 2.28. The van der Waals surface area contributed by atoms with Gasteiger partial charge in [0, 0.05) is 30.7 Å². The molecule has 0 bridgehead atoms. The molecule has 11 heteroatoms. The minimum Gasteiger partial charge on any atom is -0.475 e. The molecule has 0 radical (unpaired) electrons. The number of ether oxygens (including phenoxy) is 2. The quantitative estimate of drug-likeness (QED) is 0.304. The second-order valence-corrected chi connectivity index (χ2v) is 6.92. The third-order valence-electron chi connectivity index (χ3n) is 3.21. The van der Waals surface area contributed by atoms with Gasteiger partial charge in [-0.25, -0.2) is 9.59 Å². The highest BCUT2D eigenvalue weighted by atomic mass is 32.2. The van der Waals surface area contributed by atoms with E-state index < -0.39 is 34.7 Å². The number of hydrogen-bond acceptors (Lipinski definition) is 8. The van der Waals surface area contributed by atoms with Gasteiger partial charge >= 0.3 is 12.1 Å². The fraction of sp³-hybridized carbons (Fsp3) is 0.643. The molecule has 1 atom stereocenters. The van der Waals surface area contributed by atoms with Crippen LogP contribution in [0, 0.1) is 5.41 Å². The zero-order valence-electron chi connectivity index (χ0n) is 13.8. The van der Waals surface area contributed by atoms with Gasteiger partial charge in [-0.05, 0) is 0 Å². The van der Waals surface area contributed by atoms with E-state index in [0.717, 1.165) is 0 Å². The molecule has 3 N–H and O–H groups in total. The highest BCUT2D eigenvalue weighted by molar-refractivity contribution is 8.15. The van der Waals surface area contributed by atoms with Crippen LogP contribution < -0.4 is 10.6 Å². The van der Waals surface area contributed by atoms with Crippen LogP contribution in [0.3, 0.4) is 0 Å². The minimum absolute atomic E-state index is 0.0130. The number of thioether (sulfide) groups is 1. The lowest BCUT2D eigenvalue weighted by Gasteiger charge is -2.35. The molecule has 1 aliphatic heterocycles. The topological polar surface area (TPSA) is 148 Å². The van der Waals surface area contributed by atoms with Crippen molar-refractivity contribution in [2.24, 2.45) is 5.41 Å². The third kappa shape index (κ3) is 6.99. The summed E-state index contributed by atoms with van der Waals surface area (Å²) >= 11 is 0.591. The van der Waals surface area contributed by atoms with E-state index >= 15 is 0 Å². The number of nitrogens with one attached hydrogen (secondary N) is 2. The first-order chi connectivity index (χ1) is 11.6. The van der Waals surface area contributed by atoms with Crippen LogP contribution in [0.5, 0.6) is 0 Å². The summed E-state index contributed by atoms with van der Waals surface area (Å²) < 4.78 is 9.62. The number of carbonyl (C=O) groups excluding carboxylic acids is 4. The third-order valence-corrected chi connectivity index (χ3v) is 4.05. The normalized spacial score (nSPS) is 18.5. The molecule has 1 aliphatic rings. The first kappa shape index (κ1) is 20.7. The van der Waals surface area contributed by atoms with Crippen LogP contribution >= 0.6 is 11.8 Å². The number of cyclic esters (lactones) is 2. The van der Waals surface area contributed by atoms with Gasteiger partial charge in [0.1, 0.15) is 6.61 Å². The maximum atomic E-state index is 12.1. The Hall–Kier alpha value is -2.30. The standard InChI is InChI=1S/C14H20N2O8S/c1-14(2)7-23-13(22)24-9(14)10(18)16-4-3-8(17)15-5-6-25-12(21)11(19)20/h9H,3-7H2,1-2H3,(H,15,17)(H,16,18)(H,19,20)/t9-/m0/s1. The Morgan fingerprint density at radius 2 is 1.92 bits per heavy atom. The Labute approximate surface area is 148 Å². The number of aliphatic carboxylic acids is 1. The molecule has 1 rings (SSSR count). The van der Waals surface area contributed by atoms with Crippen molar-refractivity contribution in [1.82, 2.24) is 10.6 Å². The summed E-state index contributed by atoms with van der Waals surface area (Å²) in [6.07, 6.45) is -1.93. The molecule has 1 saturated heterocycles. The second-order valence-electron chi connectivity index (χ2n) is 5.86. The summed E-state index contributed by atoms with van der Waals surface area (Å²) in [7, 11) is 0. The van der Waals surface area contributed by atoms with Gasteiger partial charge in [0.2, 0.25) is 5.91 Å². The van der Waals surface area contributed by atoms with E-state index in [9.17, 15) is 24.0 Å². The fourth-order valence-electron chi connectivity index (χ4n) is 1.90. The molecule has 25 heavy (non-hydrogen) atoms. The summed E-state index contributed by atoms with van der Waals surface area (Å²) in [5.41, 5.74) is -0.686. The lowest BCUT2D eigenvalue weighted by molar-refractivity contribution is -0.149. The molecule has 140 valence electrons. The summed E-state index contributed by atoms with van der Waals surface area (Å²) in [5, 5.41) is 12.4. The van der Waals surface area contributed by atoms with Gasteiger partial charge in [-0.15, -0.1) is 0 Å². The van der Waals surface area contributed by atoms with E-state index in [2.05, 4.69) is 10.6 Å². The molecule has 0 aromatic heterocycles. The van der Waals surface area contributed by atoms with Gasteiger partial charge in [0.25, 0.3) is 11.0 Å². The van der Waals surface area contributed by atoms with Gasteiger partial charge < -0.3 is 25.2 Å². The monoisotopic (exact) mass is 376 g/mol. The fourth-order valence-corrected chi connectivity index (χ4v) is 2.41. The number of carbonyl (C=O) groups is 5. The Morgan fingerprint density at radius 3 is 2.56 bits per heavy atom. The number of carboxylic acid groups (broad SMARTS) is 1. The summed E-state index contributed by atoms with van der Waals surface area (Å²) in [5.74, 6) is -2.28. The predicted octanol–water partition coefficient (Wildman–Crippen LogP) is -0.485. The van der Waals surface area contributed by atoms with E-state index in [4.69, 9.17) is 14.6 Å². The number of carboxylic acids is 1. The molecule has 2 amide bonds. The maximum Gasteiger partial charge on any atom is 0.509 e. The smallest absolute Gasteiger partial charge is 0.475 e. The van der Waals surface area contributed by atoms with Crippen molar-refractivity contribution in [3.63, 3.8) is 0 Å². The van der Waals surface area contributed by atoms with Crippen LogP contribution in [0.2, 0.25) is 0 Å². The first-order valence-electron chi connectivity index (χ1n) is 7.41. The largest absolute Gasteiger partial charge is 0.509 e. The Balaban J connectivity index is 2.24. The molecule has 0 aromatic rings. The van der Waals surface area contributed by atoms with Crippen molar-refractivity contribution < 1.29 is 38.6 Å². The van der Waals surface area contributed by atoms with Crippen LogP contribution in [0.1, 0.15) is 20.3 Å². The predicted molar refractivity (Wildman–Crippen MR) is 85.7 cm³/mol. The molecule has 0 aromatic carbocycles. The Bertz CT molecular complexity index is 563. The average Bonchev–Trinajstić information content (AvgIpc) is 2.53. The summed E-state index contributed by atoms with van der Waals surface area (Å²) in [6, 6.07) is 0. The van der Waals surface area contributed by atoms with Crippen LogP contribution in [-0.2, 0) is 28.7 Å².